The molecule has 2 aromatic carbocycles. The Morgan fingerprint density at radius 1 is 1.11 bits per heavy atom. The second kappa shape index (κ2) is 10.4. The molecule has 150 valence electrons. The van der Waals surface area contributed by atoms with Crippen LogP contribution in [-0.4, -0.2) is 29.5 Å². The summed E-state index contributed by atoms with van der Waals surface area (Å²) in [6, 6.07) is 17.0. The van der Waals surface area contributed by atoms with Crippen LogP contribution in [0.1, 0.15) is 48.1 Å². The Labute approximate surface area is 171 Å². The van der Waals surface area contributed by atoms with Gasteiger partial charge in [-0.15, -0.1) is 0 Å². The maximum absolute atomic E-state index is 12.3. The van der Waals surface area contributed by atoms with E-state index < -0.39 is 10.8 Å². The van der Waals surface area contributed by atoms with Crippen LogP contribution in [-0.2, 0) is 29.4 Å². The molecule has 28 heavy (non-hydrogen) atoms. The second-order valence-corrected chi connectivity index (χ2v) is 8.95. The van der Waals surface area contributed by atoms with Crippen molar-refractivity contribution >= 4 is 16.8 Å². The van der Waals surface area contributed by atoms with E-state index in [9.17, 15) is 4.21 Å². The third-order valence-electron chi connectivity index (χ3n) is 5.24. The van der Waals surface area contributed by atoms with Gasteiger partial charge in [0.05, 0.1) is 6.04 Å². The van der Waals surface area contributed by atoms with E-state index in [0.29, 0.717) is 18.1 Å². The summed E-state index contributed by atoms with van der Waals surface area (Å²) < 4.78 is 12.3. The van der Waals surface area contributed by atoms with Gasteiger partial charge in [0, 0.05) is 35.9 Å². The van der Waals surface area contributed by atoms with Crippen LogP contribution in [0.4, 0.5) is 0 Å². The first kappa shape index (κ1) is 20.6. The SMILES string of the molecule is CN=C(NCCS(=O)Cc1ccccc1)NC(C)c1ccc2c(c1)CCCC2. The van der Waals surface area contributed by atoms with Gasteiger partial charge in [-0.2, -0.15) is 0 Å². The molecule has 0 spiro atoms. The summed E-state index contributed by atoms with van der Waals surface area (Å²) in [4.78, 5) is 4.32. The minimum absolute atomic E-state index is 0.174. The topological polar surface area (TPSA) is 53.5 Å². The number of benzene rings is 2. The summed E-state index contributed by atoms with van der Waals surface area (Å²) in [5.74, 6) is 1.95. The Morgan fingerprint density at radius 3 is 2.61 bits per heavy atom. The average molecular weight is 398 g/mol. The smallest absolute Gasteiger partial charge is 0.191 e. The summed E-state index contributed by atoms with van der Waals surface area (Å²) in [6.45, 7) is 2.79. The largest absolute Gasteiger partial charge is 0.355 e. The van der Waals surface area contributed by atoms with E-state index in [1.54, 1.807) is 7.05 Å². The molecule has 0 aromatic heterocycles. The highest BCUT2D eigenvalue weighted by molar-refractivity contribution is 7.84. The quantitative estimate of drug-likeness (QED) is 0.553. The molecule has 2 N–H and O–H groups in total. The van der Waals surface area contributed by atoms with Gasteiger partial charge in [-0.1, -0.05) is 48.5 Å². The molecule has 5 heteroatoms. The fourth-order valence-corrected chi connectivity index (χ4v) is 4.66. The third-order valence-corrected chi connectivity index (χ3v) is 6.56. The Hall–Kier alpha value is -2.14. The van der Waals surface area contributed by atoms with E-state index in [1.807, 2.05) is 30.3 Å². The number of guanidine groups is 1. The molecule has 0 amide bonds. The summed E-state index contributed by atoms with van der Waals surface area (Å²) in [5, 5.41) is 6.75. The van der Waals surface area contributed by atoms with Crippen LogP contribution in [0.3, 0.4) is 0 Å². The van der Waals surface area contributed by atoms with Crippen LogP contribution in [0.5, 0.6) is 0 Å². The molecule has 2 aromatic rings. The first-order valence-electron chi connectivity index (χ1n) is 10.1. The molecule has 1 aliphatic carbocycles. The van der Waals surface area contributed by atoms with Gasteiger partial charge in [-0.25, -0.2) is 0 Å². The van der Waals surface area contributed by atoms with E-state index >= 15 is 0 Å². The molecule has 0 bridgehead atoms. The van der Waals surface area contributed by atoms with Gasteiger partial charge in [0.15, 0.2) is 5.96 Å². The molecular weight excluding hydrogens is 366 g/mol. The van der Waals surface area contributed by atoms with E-state index in [2.05, 4.69) is 40.7 Å². The molecule has 3 rings (SSSR count). The van der Waals surface area contributed by atoms with Crippen molar-refractivity contribution in [1.82, 2.24) is 10.6 Å². The Bertz CT molecular complexity index is 820. The minimum atomic E-state index is -0.885. The van der Waals surface area contributed by atoms with Crippen LogP contribution in [0.25, 0.3) is 0 Å². The molecular formula is C23H31N3OS. The van der Waals surface area contributed by atoms with Gasteiger partial charge < -0.3 is 10.6 Å². The lowest BCUT2D eigenvalue weighted by Crippen LogP contribution is -2.40. The number of aryl methyl sites for hydroxylation is 2. The van der Waals surface area contributed by atoms with Gasteiger partial charge in [0.2, 0.25) is 0 Å². The number of aliphatic imine (C=N–C) groups is 1. The highest BCUT2D eigenvalue weighted by Crippen LogP contribution is 2.24. The van der Waals surface area contributed by atoms with Crippen LogP contribution in [0, 0.1) is 0 Å². The average Bonchev–Trinajstić information content (AvgIpc) is 2.73. The van der Waals surface area contributed by atoms with Crippen molar-refractivity contribution in [3.63, 3.8) is 0 Å². The summed E-state index contributed by atoms with van der Waals surface area (Å²) in [7, 11) is 0.889. The molecule has 4 nitrogen and oxygen atoms in total. The lowest BCUT2D eigenvalue weighted by atomic mass is 9.89. The van der Waals surface area contributed by atoms with Crippen LogP contribution in [0.15, 0.2) is 53.5 Å². The van der Waals surface area contributed by atoms with Crippen molar-refractivity contribution < 1.29 is 4.21 Å². The summed E-state index contributed by atoms with van der Waals surface area (Å²) in [6.07, 6.45) is 5.00. The Morgan fingerprint density at radius 2 is 1.86 bits per heavy atom. The van der Waals surface area contributed by atoms with Gasteiger partial charge in [0.1, 0.15) is 0 Å². The molecule has 0 saturated carbocycles. The molecule has 0 heterocycles. The lowest BCUT2D eigenvalue weighted by Gasteiger charge is -2.21. The Kier molecular flexibility index (Phi) is 7.66. The maximum atomic E-state index is 12.3. The first-order chi connectivity index (χ1) is 13.7. The number of hydrogen-bond acceptors (Lipinski definition) is 2. The van der Waals surface area contributed by atoms with E-state index in [-0.39, 0.29) is 6.04 Å². The van der Waals surface area contributed by atoms with Gasteiger partial charge in [-0.3, -0.25) is 9.20 Å². The number of nitrogens with one attached hydrogen (secondary N) is 2. The highest BCUT2D eigenvalue weighted by Gasteiger charge is 2.13. The zero-order chi connectivity index (χ0) is 19.8. The van der Waals surface area contributed by atoms with Crippen molar-refractivity contribution in [2.75, 3.05) is 19.3 Å². The highest BCUT2D eigenvalue weighted by atomic mass is 32.2. The first-order valence-corrected chi connectivity index (χ1v) is 11.6. The maximum Gasteiger partial charge on any atom is 0.191 e. The molecule has 0 fully saturated rings. The van der Waals surface area contributed by atoms with Crippen molar-refractivity contribution in [1.29, 1.82) is 0 Å². The molecule has 2 atom stereocenters. The second-order valence-electron chi connectivity index (χ2n) is 7.37. The molecule has 1 aliphatic rings. The molecule has 0 radical (unpaired) electrons. The van der Waals surface area contributed by atoms with Crippen LogP contribution >= 0.6 is 0 Å². The Balaban J connectivity index is 1.47. The van der Waals surface area contributed by atoms with Crippen molar-refractivity contribution in [2.45, 2.75) is 44.4 Å². The molecule has 0 aliphatic heterocycles. The summed E-state index contributed by atoms with van der Waals surface area (Å²) in [5.41, 5.74) is 5.41. The number of nitrogens with zero attached hydrogens (tertiary/aromatic N) is 1. The van der Waals surface area contributed by atoms with Crippen molar-refractivity contribution in [3.8, 4) is 0 Å². The lowest BCUT2D eigenvalue weighted by molar-refractivity contribution is 0.665. The van der Waals surface area contributed by atoms with E-state index in [0.717, 1.165) is 11.5 Å². The number of fused-ring (bicyclic) bond motifs is 1. The van der Waals surface area contributed by atoms with Gasteiger partial charge in [-0.05, 0) is 54.9 Å². The van der Waals surface area contributed by atoms with Gasteiger partial charge >= 0.3 is 0 Å². The normalized spacial score (nSPS) is 16.1. The monoisotopic (exact) mass is 397 g/mol. The molecule has 0 saturated heterocycles. The number of hydrogen-bond donors (Lipinski definition) is 2. The molecule has 2 unspecified atom stereocenters. The fourth-order valence-electron chi connectivity index (χ4n) is 3.62. The predicted molar refractivity (Wildman–Crippen MR) is 119 cm³/mol. The number of rotatable bonds is 7. The van der Waals surface area contributed by atoms with Gasteiger partial charge in [0.25, 0.3) is 0 Å². The van der Waals surface area contributed by atoms with E-state index in [1.165, 1.54) is 42.4 Å². The van der Waals surface area contributed by atoms with Crippen molar-refractivity contribution in [3.05, 3.63) is 70.8 Å². The third kappa shape index (κ3) is 5.93. The zero-order valence-electron chi connectivity index (χ0n) is 16.9. The van der Waals surface area contributed by atoms with Crippen LogP contribution in [0.2, 0.25) is 0 Å². The zero-order valence-corrected chi connectivity index (χ0v) is 17.7. The van der Waals surface area contributed by atoms with Crippen LogP contribution < -0.4 is 10.6 Å². The fraction of sp³-hybridized carbons (Fsp3) is 0.435. The summed E-state index contributed by atoms with van der Waals surface area (Å²) >= 11 is 0. The predicted octanol–water partition coefficient (Wildman–Crippen LogP) is 3.74. The minimum Gasteiger partial charge on any atom is -0.355 e. The van der Waals surface area contributed by atoms with E-state index in [4.69, 9.17) is 0 Å². The standard InChI is InChI=1S/C23H31N3OS/c1-18(21-13-12-20-10-6-7-11-22(20)16-21)26-23(24-2)25-14-15-28(27)17-19-8-4-3-5-9-19/h3-5,8-9,12-13,16,18H,6-7,10-11,14-15,17H2,1-2H3,(H2,24,25,26). The van der Waals surface area contributed by atoms with Crippen molar-refractivity contribution in [2.24, 2.45) is 4.99 Å².